The molecular weight excluding hydrogens is 322 g/mol. The highest BCUT2D eigenvalue weighted by molar-refractivity contribution is 8.15. The van der Waals surface area contributed by atoms with Gasteiger partial charge < -0.3 is 10.6 Å². The zero-order valence-corrected chi connectivity index (χ0v) is 13.8. The lowest BCUT2D eigenvalue weighted by Gasteiger charge is -2.07. The molecule has 0 aromatic heterocycles. The Morgan fingerprint density at radius 1 is 1.08 bits per heavy atom. The number of nitrogens with one attached hydrogen (secondary N) is 2. The maximum Gasteiger partial charge on any atom is 0.240 e. The summed E-state index contributed by atoms with van der Waals surface area (Å²) >= 11 is 1.31. The summed E-state index contributed by atoms with van der Waals surface area (Å²) in [5, 5.41) is 5.66. The van der Waals surface area contributed by atoms with Gasteiger partial charge in [0.05, 0.1) is 6.54 Å². The van der Waals surface area contributed by atoms with Gasteiger partial charge in [0.15, 0.2) is 5.17 Å². The Bertz CT molecular complexity index is 747. The van der Waals surface area contributed by atoms with Crippen LogP contribution in [-0.4, -0.2) is 22.2 Å². The lowest BCUT2D eigenvalue weighted by Crippen LogP contribution is -2.28. The summed E-state index contributed by atoms with van der Waals surface area (Å²) in [4.78, 5) is 28.4. The highest BCUT2D eigenvalue weighted by atomic mass is 32.2. The van der Waals surface area contributed by atoms with Gasteiger partial charge in [0.25, 0.3) is 0 Å². The molecule has 0 bridgehead atoms. The number of hydrogen-bond acceptors (Lipinski definition) is 4. The molecule has 1 fully saturated rings. The molecule has 0 saturated carbocycles. The van der Waals surface area contributed by atoms with Gasteiger partial charge in [-0.05, 0) is 17.7 Å². The summed E-state index contributed by atoms with van der Waals surface area (Å²) in [5.41, 5.74) is 1.80. The summed E-state index contributed by atoms with van der Waals surface area (Å²) in [6.07, 6.45) is 0.121. The van der Waals surface area contributed by atoms with Crippen molar-refractivity contribution in [3.05, 3.63) is 66.2 Å². The van der Waals surface area contributed by atoms with Crippen LogP contribution in [0.3, 0.4) is 0 Å². The minimum Gasteiger partial charge on any atom is -0.326 e. The van der Waals surface area contributed by atoms with E-state index in [-0.39, 0.29) is 18.2 Å². The molecule has 6 heteroatoms. The standard InChI is InChI=1S/C18H17N3O2S/c22-16(20-14-9-5-2-6-10-14)11-15-17(23)21-18(24-15)19-12-13-7-3-1-4-8-13/h1-10,15H,11-12H2,(H,20,22)(H,19,21,23)/t15-/m0/s1. The number of rotatable bonds is 5. The molecule has 0 aliphatic carbocycles. The molecule has 2 N–H and O–H groups in total. The van der Waals surface area contributed by atoms with E-state index >= 15 is 0 Å². The van der Waals surface area contributed by atoms with Gasteiger partial charge >= 0.3 is 0 Å². The maximum absolute atomic E-state index is 12.1. The van der Waals surface area contributed by atoms with Gasteiger partial charge in [0.2, 0.25) is 11.8 Å². The van der Waals surface area contributed by atoms with Crippen molar-refractivity contribution < 1.29 is 9.59 Å². The van der Waals surface area contributed by atoms with E-state index in [2.05, 4.69) is 15.6 Å². The number of nitrogens with zero attached hydrogens (tertiary/aromatic N) is 1. The number of benzene rings is 2. The van der Waals surface area contributed by atoms with Crippen LogP contribution in [-0.2, 0) is 16.1 Å². The van der Waals surface area contributed by atoms with Crippen LogP contribution >= 0.6 is 11.8 Å². The Kier molecular flexibility index (Phi) is 5.28. The van der Waals surface area contributed by atoms with Gasteiger partial charge in [-0.25, -0.2) is 0 Å². The third kappa shape index (κ3) is 4.45. The predicted molar refractivity (Wildman–Crippen MR) is 96.8 cm³/mol. The molecule has 2 aromatic rings. The van der Waals surface area contributed by atoms with Crippen molar-refractivity contribution in [3.8, 4) is 0 Å². The molecule has 1 atom stereocenters. The van der Waals surface area contributed by atoms with Gasteiger partial charge in [0, 0.05) is 12.1 Å². The predicted octanol–water partition coefficient (Wildman–Crippen LogP) is 2.80. The fourth-order valence-corrected chi connectivity index (χ4v) is 3.23. The SMILES string of the molecule is O=C(C[C@@H]1SC(=NCc2ccccc2)NC1=O)Nc1ccccc1. The Hall–Kier alpha value is -2.60. The Morgan fingerprint density at radius 3 is 2.46 bits per heavy atom. The number of para-hydroxylation sites is 1. The van der Waals surface area contributed by atoms with Gasteiger partial charge in [-0.2, -0.15) is 0 Å². The number of hydrogen-bond donors (Lipinski definition) is 2. The van der Waals surface area contributed by atoms with E-state index in [1.54, 1.807) is 0 Å². The number of carbonyl (C=O) groups excluding carboxylic acids is 2. The molecule has 2 aromatic carbocycles. The molecule has 122 valence electrons. The van der Waals surface area contributed by atoms with Crippen molar-refractivity contribution in [3.63, 3.8) is 0 Å². The highest BCUT2D eigenvalue weighted by Gasteiger charge is 2.31. The van der Waals surface area contributed by atoms with Crippen LogP contribution < -0.4 is 10.6 Å². The fourth-order valence-electron chi connectivity index (χ4n) is 2.26. The number of carbonyl (C=O) groups is 2. The molecule has 1 heterocycles. The summed E-state index contributed by atoms with van der Waals surface area (Å²) in [6, 6.07) is 19.0. The first-order valence-electron chi connectivity index (χ1n) is 7.61. The summed E-state index contributed by atoms with van der Waals surface area (Å²) < 4.78 is 0. The van der Waals surface area contributed by atoms with Gasteiger partial charge in [0.1, 0.15) is 5.25 Å². The van der Waals surface area contributed by atoms with Crippen LogP contribution in [0.5, 0.6) is 0 Å². The van der Waals surface area contributed by atoms with E-state index in [9.17, 15) is 9.59 Å². The molecule has 0 spiro atoms. The van der Waals surface area contributed by atoms with Crippen LogP contribution in [0.25, 0.3) is 0 Å². The number of anilines is 1. The number of amides is 2. The quantitative estimate of drug-likeness (QED) is 0.880. The smallest absolute Gasteiger partial charge is 0.240 e. The van der Waals surface area contributed by atoms with Crippen molar-refractivity contribution in [1.82, 2.24) is 5.32 Å². The lowest BCUT2D eigenvalue weighted by atomic mass is 10.2. The van der Waals surface area contributed by atoms with Gasteiger partial charge in [-0.1, -0.05) is 60.3 Å². The van der Waals surface area contributed by atoms with Crippen LogP contribution in [0.1, 0.15) is 12.0 Å². The van der Waals surface area contributed by atoms with Crippen LogP contribution in [0.4, 0.5) is 5.69 Å². The number of thioether (sulfide) groups is 1. The number of aliphatic imine (C=N–C) groups is 1. The Morgan fingerprint density at radius 2 is 1.75 bits per heavy atom. The Labute approximate surface area is 144 Å². The van der Waals surface area contributed by atoms with Crippen molar-refractivity contribution in [1.29, 1.82) is 0 Å². The third-order valence-corrected chi connectivity index (χ3v) is 4.57. The third-order valence-electron chi connectivity index (χ3n) is 3.45. The average Bonchev–Trinajstić information content (AvgIpc) is 2.94. The summed E-state index contributed by atoms with van der Waals surface area (Å²) in [7, 11) is 0. The van der Waals surface area contributed by atoms with Crippen LogP contribution in [0.2, 0.25) is 0 Å². The Balaban J connectivity index is 1.54. The fraction of sp³-hybridized carbons (Fsp3) is 0.167. The molecule has 24 heavy (non-hydrogen) atoms. The largest absolute Gasteiger partial charge is 0.326 e. The maximum atomic E-state index is 12.1. The minimum atomic E-state index is -0.441. The molecule has 2 amide bonds. The van der Waals surface area contributed by atoms with Crippen LogP contribution in [0.15, 0.2) is 65.7 Å². The van der Waals surface area contributed by atoms with E-state index in [0.29, 0.717) is 11.7 Å². The summed E-state index contributed by atoms with van der Waals surface area (Å²) in [5.74, 6) is -0.354. The first-order chi connectivity index (χ1) is 11.7. The molecule has 5 nitrogen and oxygen atoms in total. The van der Waals surface area contributed by atoms with Crippen molar-refractivity contribution in [2.75, 3.05) is 5.32 Å². The second kappa shape index (κ2) is 7.79. The zero-order valence-electron chi connectivity index (χ0n) is 12.9. The topological polar surface area (TPSA) is 70.6 Å². The molecule has 3 rings (SSSR count). The summed E-state index contributed by atoms with van der Waals surface area (Å²) in [6.45, 7) is 0.506. The highest BCUT2D eigenvalue weighted by Crippen LogP contribution is 2.23. The monoisotopic (exact) mass is 339 g/mol. The first kappa shape index (κ1) is 16.3. The van der Waals surface area contributed by atoms with Crippen molar-refractivity contribution in [2.24, 2.45) is 4.99 Å². The van der Waals surface area contributed by atoms with E-state index in [1.807, 2.05) is 60.7 Å². The van der Waals surface area contributed by atoms with Crippen LogP contribution in [0, 0.1) is 0 Å². The molecule has 1 saturated heterocycles. The number of amidine groups is 1. The van der Waals surface area contributed by atoms with Gasteiger partial charge in [-0.15, -0.1) is 0 Å². The first-order valence-corrected chi connectivity index (χ1v) is 8.49. The van der Waals surface area contributed by atoms with Gasteiger partial charge in [-0.3, -0.25) is 14.6 Å². The van der Waals surface area contributed by atoms with E-state index in [0.717, 1.165) is 11.3 Å². The van der Waals surface area contributed by atoms with E-state index in [4.69, 9.17) is 0 Å². The molecule has 0 unspecified atom stereocenters. The van der Waals surface area contributed by atoms with E-state index < -0.39 is 5.25 Å². The minimum absolute atomic E-state index is 0.121. The molecule has 1 aliphatic rings. The molecule has 0 radical (unpaired) electrons. The lowest BCUT2D eigenvalue weighted by molar-refractivity contribution is -0.122. The second-order valence-corrected chi connectivity index (χ2v) is 6.51. The van der Waals surface area contributed by atoms with Crippen molar-refractivity contribution >= 4 is 34.4 Å². The average molecular weight is 339 g/mol. The normalized spacial score (nSPS) is 18.4. The molecule has 1 aliphatic heterocycles. The van der Waals surface area contributed by atoms with Crippen molar-refractivity contribution in [2.45, 2.75) is 18.2 Å². The van der Waals surface area contributed by atoms with E-state index in [1.165, 1.54) is 11.8 Å². The molecular formula is C18H17N3O2S. The zero-order chi connectivity index (χ0) is 16.8. The second-order valence-electron chi connectivity index (χ2n) is 5.32.